The van der Waals surface area contributed by atoms with Crippen molar-refractivity contribution in [3.05, 3.63) is 83.5 Å². The van der Waals surface area contributed by atoms with Crippen molar-refractivity contribution in [2.75, 3.05) is 0 Å². The highest BCUT2D eigenvalue weighted by atomic mass is 32.2. The van der Waals surface area contributed by atoms with Gasteiger partial charge in [-0.3, -0.25) is 4.98 Å². The molecular weight excluding hydrogens is 354 g/mol. The zero-order valence-corrected chi connectivity index (χ0v) is 15.8. The molecule has 0 saturated carbocycles. The van der Waals surface area contributed by atoms with Crippen LogP contribution < -0.4 is 0 Å². The van der Waals surface area contributed by atoms with Crippen LogP contribution >= 0.6 is 0 Å². The van der Waals surface area contributed by atoms with Gasteiger partial charge in [0.25, 0.3) is 0 Å². The van der Waals surface area contributed by atoms with E-state index in [1.54, 1.807) is 30.3 Å². The van der Waals surface area contributed by atoms with E-state index >= 15 is 0 Å². The molecule has 0 unspecified atom stereocenters. The van der Waals surface area contributed by atoms with E-state index in [1.807, 2.05) is 36.5 Å². The summed E-state index contributed by atoms with van der Waals surface area (Å²) in [6.07, 6.45) is 10.2. The van der Waals surface area contributed by atoms with Gasteiger partial charge in [-0.05, 0) is 54.9 Å². The summed E-state index contributed by atoms with van der Waals surface area (Å²) in [5.74, 6) is 0. The number of pyridine rings is 1. The molecule has 0 bridgehead atoms. The molecule has 4 heteroatoms. The van der Waals surface area contributed by atoms with Gasteiger partial charge in [0.1, 0.15) is 0 Å². The van der Waals surface area contributed by atoms with Gasteiger partial charge < -0.3 is 0 Å². The van der Waals surface area contributed by atoms with Gasteiger partial charge >= 0.3 is 0 Å². The molecule has 1 heterocycles. The first kappa shape index (κ1) is 17.7. The molecule has 0 N–H and O–H groups in total. The second-order valence-electron chi connectivity index (χ2n) is 6.74. The topological polar surface area (TPSA) is 47.0 Å². The zero-order valence-electron chi connectivity index (χ0n) is 15.0. The van der Waals surface area contributed by atoms with Crippen LogP contribution in [0.15, 0.2) is 77.2 Å². The molecule has 0 amide bonds. The lowest BCUT2D eigenvalue weighted by molar-refractivity contribution is 0.605. The molecule has 1 aromatic heterocycles. The Labute approximate surface area is 160 Å². The molecule has 0 atom stereocenters. The summed E-state index contributed by atoms with van der Waals surface area (Å²) in [5.41, 5.74) is 2.98. The molecular formula is C23H21NO2S. The molecule has 1 aliphatic carbocycles. The molecule has 3 aromatic rings. The van der Waals surface area contributed by atoms with E-state index in [0.717, 1.165) is 41.3 Å². The fourth-order valence-corrected chi connectivity index (χ4v) is 4.52. The van der Waals surface area contributed by atoms with E-state index in [2.05, 4.69) is 11.1 Å². The number of allylic oxidation sites excluding steroid dienone is 2. The Morgan fingerprint density at radius 2 is 1.70 bits per heavy atom. The van der Waals surface area contributed by atoms with E-state index in [1.165, 1.54) is 17.4 Å². The molecule has 1 aliphatic rings. The lowest BCUT2D eigenvalue weighted by Crippen LogP contribution is -2.00. The maximum absolute atomic E-state index is 12.7. The van der Waals surface area contributed by atoms with Gasteiger partial charge in [-0.1, -0.05) is 48.5 Å². The van der Waals surface area contributed by atoms with E-state index in [4.69, 9.17) is 0 Å². The van der Waals surface area contributed by atoms with Crippen molar-refractivity contribution >= 4 is 32.3 Å². The minimum atomic E-state index is -3.50. The van der Waals surface area contributed by atoms with Crippen LogP contribution in [0.5, 0.6) is 0 Å². The first-order valence-corrected chi connectivity index (χ1v) is 10.8. The average molecular weight is 375 g/mol. The van der Waals surface area contributed by atoms with Crippen molar-refractivity contribution in [2.45, 2.75) is 30.6 Å². The SMILES string of the molecule is O=S(=O)(/C=C/c1c(C2=CCCCC2)ncc2ccccc12)c1ccccc1. The number of benzene rings is 2. The summed E-state index contributed by atoms with van der Waals surface area (Å²) in [4.78, 5) is 4.99. The van der Waals surface area contributed by atoms with E-state index in [-0.39, 0.29) is 0 Å². The van der Waals surface area contributed by atoms with Gasteiger partial charge in [0, 0.05) is 22.6 Å². The second-order valence-corrected chi connectivity index (χ2v) is 8.58. The van der Waals surface area contributed by atoms with Crippen LogP contribution in [0.25, 0.3) is 22.4 Å². The maximum Gasteiger partial charge on any atom is 0.199 e. The Hall–Kier alpha value is -2.72. The lowest BCUT2D eigenvalue weighted by atomic mass is 9.92. The Morgan fingerprint density at radius 1 is 0.926 bits per heavy atom. The number of fused-ring (bicyclic) bond motifs is 1. The van der Waals surface area contributed by atoms with Crippen LogP contribution in [0.4, 0.5) is 0 Å². The third kappa shape index (κ3) is 3.71. The number of nitrogens with zero attached hydrogens (tertiary/aromatic N) is 1. The minimum Gasteiger partial charge on any atom is -0.255 e. The van der Waals surface area contributed by atoms with Crippen LogP contribution in [0.1, 0.15) is 36.9 Å². The largest absolute Gasteiger partial charge is 0.255 e. The van der Waals surface area contributed by atoms with Crippen LogP contribution in [-0.2, 0) is 9.84 Å². The first-order chi connectivity index (χ1) is 13.1. The summed E-state index contributed by atoms with van der Waals surface area (Å²) in [6, 6.07) is 16.5. The number of hydrogen-bond acceptors (Lipinski definition) is 3. The molecule has 0 aliphatic heterocycles. The Bertz CT molecular complexity index is 1130. The molecule has 2 aromatic carbocycles. The average Bonchev–Trinajstić information content (AvgIpc) is 2.73. The normalized spacial score (nSPS) is 15.2. The molecule has 0 saturated heterocycles. The number of aromatic nitrogens is 1. The number of sulfone groups is 1. The zero-order chi connectivity index (χ0) is 18.7. The third-order valence-electron chi connectivity index (χ3n) is 4.92. The van der Waals surface area contributed by atoms with E-state index < -0.39 is 9.84 Å². The highest BCUT2D eigenvalue weighted by molar-refractivity contribution is 7.94. The molecule has 0 radical (unpaired) electrons. The van der Waals surface area contributed by atoms with Gasteiger partial charge in [-0.25, -0.2) is 8.42 Å². The summed E-state index contributed by atoms with van der Waals surface area (Å²) < 4.78 is 25.4. The predicted octanol–water partition coefficient (Wildman–Crippen LogP) is 5.64. The fourth-order valence-electron chi connectivity index (χ4n) is 3.51. The van der Waals surface area contributed by atoms with Gasteiger partial charge in [0.15, 0.2) is 9.84 Å². The molecule has 4 rings (SSSR count). The Balaban J connectivity index is 1.85. The monoisotopic (exact) mass is 375 g/mol. The third-order valence-corrected chi connectivity index (χ3v) is 6.34. The number of rotatable bonds is 4. The van der Waals surface area contributed by atoms with Crippen LogP contribution in [0, 0.1) is 0 Å². The fraction of sp³-hybridized carbons (Fsp3) is 0.174. The van der Waals surface area contributed by atoms with Crippen LogP contribution in [0.3, 0.4) is 0 Å². The molecule has 27 heavy (non-hydrogen) atoms. The Kier molecular flexibility index (Phi) is 4.90. The van der Waals surface area contributed by atoms with E-state index in [9.17, 15) is 8.42 Å². The molecule has 0 fully saturated rings. The summed E-state index contributed by atoms with van der Waals surface area (Å²) in [6.45, 7) is 0. The van der Waals surface area contributed by atoms with Crippen molar-refractivity contribution in [3.8, 4) is 0 Å². The smallest absolute Gasteiger partial charge is 0.199 e. The first-order valence-electron chi connectivity index (χ1n) is 9.20. The summed E-state index contributed by atoms with van der Waals surface area (Å²) in [5, 5.41) is 3.33. The van der Waals surface area contributed by atoms with Gasteiger partial charge in [-0.15, -0.1) is 0 Å². The highest BCUT2D eigenvalue weighted by Crippen LogP contribution is 2.32. The quantitative estimate of drug-likeness (QED) is 0.593. The molecule has 3 nitrogen and oxygen atoms in total. The van der Waals surface area contributed by atoms with Gasteiger partial charge in [0.05, 0.1) is 10.6 Å². The van der Waals surface area contributed by atoms with Crippen molar-refractivity contribution in [1.29, 1.82) is 0 Å². The predicted molar refractivity (Wildman–Crippen MR) is 111 cm³/mol. The van der Waals surface area contributed by atoms with Gasteiger partial charge in [-0.2, -0.15) is 0 Å². The number of hydrogen-bond donors (Lipinski definition) is 0. The summed E-state index contributed by atoms with van der Waals surface area (Å²) >= 11 is 0. The molecule has 136 valence electrons. The van der Waals surface area contributed by atoms with Crippen LogP contribution in [-0.4, -0.2) is 13.4 Å². The molecule has 0 spiro atoms. The standard InChI is InChI=1S/C23H21NO2S/c25-27(26,20-12-5-2-6-13-20)16-15-22-21-14-8-7-11-19(21)17-24-23(22)18-9-3-1-4-10-18/h2,5-9,11-17H,1,3-4,10H2/b16-15+. The summed E-state index contributed by atoms with van der Waals surface area (Å²) in [7, 11) is -3.50. The highest BCUT2D eigenvalue weighted by Gasteiger charge is 2.15. The van der Waals surface area contributed by atoms with Crippen molar-refractivity contribution in [3.63, 3.8) is 0 Å². The van der Waals surface area contributed by atoms with Crippen molar-refractivity contribution in [2.24, 2.45) is 0 Å². The van der Waals surface area contributed by atoms with Crippen molar-refractivity contribution < 1.29 is 8.42 Å². The van der Waals surface area contributed by atoms with E-state index in [0.29, 0.717) is 4.90 Å². The lowest BCUT2D eigenvalue weighted by Gasteiger charge is -2.16. The Morgan fingerprint density at radius 3 is 2.48 bits per heavy atom. The van der Waals surface area contributed by atoms with Crippen LogP contribution in [0.2, 0.25) is 0 Å². The van der Waals surface area contributed by atoms with Gasteiger partial charge in [0.2, 0.25) is 0 Å². The minimum absolute atomic E-state index is 0.299. The van der Waals surface area contributed by atoms with Crippen molar-refractivity contribution in [1.82, 2.24) is 4.98 Å². The maximum atomic E-state index is 12.7. The second kappa shape index (κ2) is 7.49.